The highest BCUT2D eigenvalue weighted by Crippen LogP contribution is 2.62. The number of rotatable bonds is 6. The molecule has 26 heavy (non-hydrogen) atoms. The quantitative estimate of drug-likeness (QED) is 0.597. The molecule has 2 unspecified atom stereocenters. The summed E-state index contributed by atoms with van der Waals surface area (Å²) in [5.74, 6) is 0.533. The van der Waals surface area contributed by atoms with Crippen LogP contribution in [0.1, 0.15) is 45.1 Å². The topological polar surface area (TPSA) is 26.0 Å². The van der Waals surface area contributed by atoms with Crippen molar-refractivity contribution >= 4 is 5.57 Å². The molecular formula is C24H28FN. The fourth-order valence-electron chi connectivity index (χ4n) is 4.12. The van der Waals surface area contributed by atoms with Gasteiger partial charge in [-0.1, -0.05) is 62.4 Å². The van der Waals surface area contributed by atoms with E-state index in [-0.39, 0.29) is 5.82 Å². The average molecular weight is 349 g/mol. The Morgan fingerprint density at radius 2 is 2.04 bits per heavy atom. The minimum absolute atomic E-state index is 0.234. The van der Waals surface area contributed by atoms with E-state index in [2.05, 4.69) is 44.2 Å². The highest BCUT2D eigenvalue weighted by atomic mass is 19.1. The van der Waals surface area contributed by atoms with Crippen molar-refractivity contribution in [3.63, 3.8) is 0 Å². The lowest BCUT2D eigenvalue weighted by molar-refractivity contribution is 0.535. The first-order valence-electron chi connectivity index (χ1n) is 9.52. The molecule has 0 saturated heterocycles. The lowest BCUT2D eigenvalue weighted by Crippen LogP contribution is -2.08. The molecule has 1 aromatic carbocycles. The maximum Gasteiger partial charge on any atom is 0.123 e. The standard InChI is InChI=1S/C24H28FN/c1-3-24(16-18(24)2)23-11-6-4-5-8-20(23)9-7-10-21(17-26)19-12-14-22(25)15-13-19/h4-5,7-8,10-15,17-18H,3,6,9,16,26H2,1-2H3/b10-7-,21-17+. The second-order valence-electron chi connectivity index (χ2n) is 7.32. The first kappa shape index (κ1) is 18.4. The van der Waals surface area contributed by atoms with Crippen molar-refractivity contribution in [3.05, 3.63) is 89.4 Å². The summed E-state index contributed by atoms with van der Waals surface area (Å²) in [7, 11) is 0. The highest BCUT2D eigenvalue weighted by molar-refractivity contribution is 5.73. The molecule has 2 heteroatoms. The van der Waals surface area contributed by atoms with Crippen LogP contribution in [0.2, 0.25) is 0 Å². The summed E-state index contributed by atoms with van der Waals surface area (Å²) in [6, 6.07) is 6.45. The van der Waals surface area contributed by atoms with Crippen molar-refractivity contribution in [2.45, 2.75) is 39.5 Å². The monoisotopic (exact) mass is 349 g/mol. The molecule has 0 heterocycles. The normalized spacial score (nSPS) is 25.8. The van der Waals surface area contributed by atoms with Gasteiger partial charge in [-0.2, -0.15) is 0 Å². The Balaban J connectivity index is 1.76. The first-order chi connectivity index (χ1) is 12.6. The predicted molar refractivity (Wildman–Crippen MR) is 109 cm³/mol. The average Bonchev–Trinajstić information content (AvgIpc) is 3.37. The van der Waals surface area contributed by atoms with E-state index in [9.17, 15) is 4.39 Å². The Morgan fingerprint density at radius 3 is 2.65 bits per heavy atom. The van der Waals surface area contributed by atoms with Gasteiger partial charge in [0.25, 0.3) is 0 Å². The van der Waals surface area contributed by atoms with Crippen LogP contribution in [0.5, 0.6) is 0 Å². The summed E-state index contributed by atoms with van der Waals surface area (Å²) in [6.45, 7) is 4.67. The molecule has 0 spiro atoms. The molecule has 0 bridgehead atoms. The maximum atomic E-state index is 13.1. The molecule has 2 aliphatic carbocycles. The van der Waals surface area contributed by atoms with Gasteiger partial charge in [0.1, 0.15) is 5.82 Å². The van der Waals surface area contributed by atoms with Crippen LogP contribution in [0.15, 0.2) is 78.1 Å². The van der Waals surface area contributed by atoms with E-state index in [1.807, 2.05) is 6.08 Å². The van der Waals surface area contributed by atoms with Gasteiger partial charge in [0, 0.05) is 6.20 Å². The Bertz CT molecular complexity index is 788. The Labute approximate surface area is 156 Å². The van der Waals surface area contributed by atoms with Crippen molar-refractivity contribution in [3.8, 4) is 0 Å². The van der Waals surface area contributed by atoms with Gasteiger partial charge in [-0.3, -0.25) is 0 Å². The van der Waals surface area contributed by atoms with Gasteiger partial charge in [0.15, 0.2) is 0 Å². The van der Waals surface area contributed by atoms with Crippen LogP contribution in [0.4, 0.5) is 4.39 Å². The zero-order chi connectivity index (χ0) is 18.6. The van der Waals surface area contributed by atoms with Gasteiger partial charge >= 0.3 is 0 Å². The Morgan fingerprint density at radius 1 is 1.31 bits per heavy atom. The highest BCUT2D eigenvalue weighted by Gasteiger charge is 2.52. The number of benzene rings is 1. The lowest BCUT2D eigenvalue weighted by atomic mass is 9.83. The smallest absolute Gasteiger partial charge is 0.123 e. The second kappa shape index (κ2) is 7.90. The van der Waals surface area contributed by atoms with Gasteiger partial charge < -0.3 is 5.73 Å². The van der Waals surface area contributed by atoms with Crippen LogP contribution in [0.3, 0.4) is 0 Å². The van der Waals surface area contributed by atoms with Crippen molar-refractivity contribution in [1.82, 2.24) is 0 Å². The second-order valence-corrected chi connectivity index (χ2v) is 7.32. The van der Waals surface area contributed by atoms with E-state index in [0.717, 1.165) is 29.9 Å². The van der Waals surface area contributed by atoms with Crippen LogP contribution >= 0.6 is 0 Å². The third-order valence-corrected chi connectivity index (χ3v) is 5.85. The van der Waals surface area contributed by atoms with E-state index in [1.54, 1.807) is 18.3 Å². The van der Waals surface area contributed by atoms with Gasteiger partial charge in [0.2, 0.25) is 0 Å². The van der Waals surface area contributed by atoms with E-state index in [1.165, 1.54) is 36.1 Å². The number of halogens is 1. The molecular weight excluding hydrogens is 321 g/mol. The molecule has 0 aromatic heterocycles. The SMILES string of the molecule is CCC1(C2=CCC=CC=C2C/C=C\C(=C/N)c2ccc(F)cc2)CC1C. The van der Waals surface area contributed by atoms with Crippen LogP contribution in [-0.2, 0) is 0 Å². The third-order valence-electron chi connectivity index (χ3n) is 5.85. The minimum atomic E-state index is -0.234. The summed E-state index contributed by atoms with van der Waals surface area (Å²) in [6.07, 6.45) is 19.2. The summed E-state index contributed by atoms with van der Waals surface area (Å²) in [5.41, 5.74) is 10.9. The Kier molecular flexibility index (Phi) is 5.61. The molecule has 136 valence electrons. The number of hydrogen-bond donors (Lipinski definition) is 1. The van der Waals surface area contributed by atoms with Crippen molar-refractivity contribution in [2.24, 2.45) is 17.1 Å². The van der Waals surface area contributed by atoms with E-state index in [0.29, 0.717) is 5.41 Å². The lowest BCUT2D eigenvalue weighted by Gasteiger charge is -2.21. The predicted octanol–water partition coefficient (Wildman–Crippen LogP) is 6.32. The molecule has 3 rings (SSSR count). The van der Waals surface area contributed by atoms with Crippen LogP contribution in [0, 0.1) is 17.2 Å². The van der Waals surface area contributed by atoms with Crippen molar-refractivity contribution in [1.29, 1.82) is 0 Å². The molecule has 0 amide bonds. The third kappa shape index (κ3) is 3.75. The van der Waals surface area contributed by atoms with Crippen LogP contribution < -0.4 is 5.73 Å². The number of hydrogen-bond acceptors (Lipinski definition) is 1. The summed E-state index contributed by atoms with van der Waals surface area (Å²) in [5, 5.41) is 0. The van der Waals surface area contributed by atoms with E-state index < -0.39 is 0 Å². The molecule has 0 radical (unpaired) electrons. The summed E-state index contributed by atoms with van der Waals surface area (Å²) >= 11 is 0. The van der Waals surface area contributed by atoms with Gasteiger partial charge in [-0.05, 0) is 71.4 Å². The largest absolute Gasteiger partial charge is 0.404 e. The summed E-state index contributed by atoms with van der Waals surface area (Å²) < 4.78 is 13.1. The molecule has 1 saturated carbocycles. The van der Waals surface area contributed by atoms with E-state index >= 15 is 0 Å². The fourth-order valence-corrected chi connectivity index (χ4v) is 4.12. The van der Waals surface area contributed by atoms with E-state index in [4.69, 9.17) is 5.73 Å². The minimum Gasteiger partial charge on any atom is -0.404 e. The molecule has 1 aromatic rings. The molecule has 1 fully saturated rings. The van der Waals surface area contributed by atoms with Crippen LogP contribution in [-0.4, -0.2) is 0 Å². The van der Waals surface area contributed by atoms with Gasteiger partial charge in [0.05, 0.1) is 0 Å². The molecule has 0 aliphatic heterocycles. The van der Waals surface area contributed by atoms with Crippen molar-refractivity contribution in [2.75, 3.05) is 0 Å². The zero-order valence-corrected chi connectivity index (χ0v) is 15.7. The number of nitrogens with two attached hydrogens (primary N) is 1. The Hall–Kier alpha value is -2.35. The van der Waals surface area contributed by atoms with Gasteiger partial charge in [-0.15, -0.1) is 0 Å². The summed E-state index contributed by atoms with van der Waals surface area (Å²) in [4.78, 5) is 0. The van der Waals surface area contributed by atoms with Crippen molar-refractivity contribution < 1.29 is 4.39 Å². The molecule has 1 nitrogen and oxygen atoms in total. The van der Waals surface area contributed by atoms with Crippen LogP contribution in [0.25, 0.3) is 5.57 Å². The fraction of sp³-hybridized carbons (Fsp3) is 0.333. The molecule has 2 N–H and O–H groups in total. The maximum absolute atomic E-state index is 13.1. The van der Waals surface area contributed by atoms with Gasteiger partial charge in [-0.25, -0.2) is 4.39 Å². The number of allylic oxidation sites excluding steroid dienone is 9. The molecule has 2 atom stereocenters. The zero-order valence-electron chi connectivity index (χ0n) is 15.7. The first-order valence-corrected chi connectivity index (χ1v) is 9.52. The molecule has 2 aliphatic rings.